The lowest BCUT2D eigenvalue weighted by Crippen LogP contribution is -2.57. The number of nitrogens with zero attached hydrogens (tertiary/aromatic N) is 1. The number of hydrogen-bond donors (Lipinski definition) is 0. The Morgan fingerprint density at radius 2 is 1.90 bits per heavy atom. The van der Waals surface area contributed by atoms with E-state index in [2.05, 4.69) is 0 Å². The van der Waals surface area contributed by atoms with Gasteiger partial charge in [-0.25, -0.2) is 12.8 Å². The summed E-state index contributed by atoms with van der Waals surface area (Å²) in [5, 5.41) is 0. The molecule has 0 aliphatic carbocycles. The molecular formula is C14H16FNO4S. The van der Waals surface area contributed by atoms with Crippen LogP contribution in [-0.4, -0.2) is 49.9 Å². The Morgan fingerprint density at radius 1 is 1.24 bits per heavy atom. The number of rotatable bonds is 3. The van der Waals surface area contributed by atoms with Gasteiger partial charge in [0.25, 0.3) is 0 Å². The molecule has 2 aliphatic rings. The Morgan fingerprint density at radius 3 is 2.48 bits per heavy atom. The van der Waals surface area contributed by atoms with Gasteiger partial charge in [-0.2, -0.15) is 0 Å². The molecular weight excluding hydrogens is 297 g/mol. The summed E-state index contributed by atoms with van der Waals surface area (Å²) in [5.41, 5.74) is 0. The van der Waals surface area contributed by atoms with Crippen molar-refractivity contribution in [3.05, 3.63) is 30.1 Å². The third-order valence-corrected chi connectivity index (χ3v) is 5.63. The molecule has 1 aromatic rings. The highest BCUT2D eigenvalue weighted by Crippen LogP contribution is 2.25. The molecule has 0 radical (unpaired) electrons. The lowest BCUT2D eigenvalue weighted by Gasteiger charge is -2.40. The molecule has 2 heterocycles. The highest BCUT2D eigenvalue weighted by molar-refractivity contribution is 7.91. The minimum atomic E-state index is -3.04. The van der Waals surface area contributed by atoms with E-state index in [1.54, 1.807) is 17.0 Å². The van der Waals surface area contributed by atoms with Crippen molar-refractivity contribution in [2.45, 2.75) is 12.5 Å². The molecule has 0 unspecified atom stereocenters. The fourth-order valence-corrected chi connectivity index (χ4v) is 4.38. The van der Waals surface area contributed by atoms with Crippen LogP contribution in [0.15, 0.2) is 24.3 Å². The predicted molar refractivity (Wildman–Crippen MR) is 74.2 cm³/mol. The van der Waals surface area contributed by atoms with Crippen LogP contribution in [0.5, 0.6) is 5.75 Å². The summed E-state index contributed by atoms with van der Waals surface area (Å²) >= 11 is 0. The number of amides is 1. The van der Waals surface area contributed by atoms with E-state index < -0.39 is 15.8 Å². The Balaban J connectivity index is 1.49. The zero-order valence-corrected chi connectivity index (χ0v) is 12.2. The SMILES string of the molecule is O=C([C@H]1CCS(=O)(=O)C1)N1CC(Oc2ccc(F)cc2)C1. The van der Waals surface area contributed by atoms with Crippen molar-refractivity contribution in [2.75, 3.05) is 24.6 Å². The second kappa shape index (κ2) is 5.29. The first-order valence-corrected chi connectivity index (χ1v) is 8.66. The van der Waals surface area contributed by atoms with E-state index in [0.717, 1.165) is 0 Å². The third kappa shape index (κ3) is 3.18. The van der Waals surface area contributed by atoms with Gasteiger partial charge in [0.2, 0.25) is 5.91 Å². The highest BCUT2D eigenvalue weighted by atomic mass is 32.2. The van der Waals surface area contributed by atoms with Gasteiger partial charge >= 0.3 is 0 Å². The van der Waals surface area contributed by atoms with Gasteiger partial charge in [-0.1, -0.05) is 0 Å². The number of likely N-dealkylation sites (tertiary alicyclic amines) is 1. The Kier molecular flexibility index (Phi) is 3.61. The molecule has 2 fully saturated rings. The van der Waals surface area contributed by atoms with Crippen molar-refractivity contribution >= 4 is 15.7 Å². The second-order valence-electron chi connectivity index (χ2n) is 5.54. The summed E-state index contributed by atoms with van der Waals surface area (Å²) in [6.45, 7) is 0.902. The monoisotopic (exact) mass is 313 g/mol. The van der Waals surface area contributed by atoms with Gasteiger partial charge in [0, 0.05) is 0 Å². The van der Waals surface area contributed by atoms with Gasteiger partial charge in [0.15, 0.2) is 9.84 Å². The zero-order chi connectivity index (χ0) is 15.0. The number of ether oxygens (including phenoxy) is 1. The van der Waals surface area contributed by atoms with Gasteiger partial charge in [-0.3, -0.25) is 4.79 Å². The van der Waals surface area contributed by atoms with Crippen LogP contribution in [0.25, 0.3) is 0 Å². The molecule has 2 aliphatic heterocycles. The lowest BCUT2D eigenvalue weighted by atomic mass is 10.0. The molecule has 0 spiro atoms. The Bertz CT molecular complexity index is 637. The van der Waals surface area contributed by atoms with Crippen LogP contribution in [0.2, 0.25) is 0 Å². The van der Waals surface area contributed by atoms with E-state index in [9.17, 15) is 17.6 Å². The standard InChI is InChI=1S/C14H16FNO4S/c15-11-1-3-12(4-2-11)20-13-7-16(8-13)14(17)10-5-6-21(18,19)9-10/h1-4,10,13H,5-9H2/t10-/m0/s1. The number of halogens is 1. The fraction of sp³-hybridized carbons (Fsp3) is 0.500. The molecule has 0 saturated carbocycles. The van der Waals surface area contributed by atoms with Gasteiger partial charge < -0.3 is 9.64 Å². The Hall–Kier alpha value is -1.63. The van der Waals surface area contributed by atoms with Crippen molar-refractivity contribution < 1.29 is 22.3 Å². The lowest BCUT2D eigenvalue weighted by molar-refractivity contribution is -0.143. The summed E-state index contributed by atoms with van der Waals surface area (Å²) in [6.07, 6.45) is 0.304. The largest absolute Gasteiger partial charge is 0.487 e. The molecule has 0 aromatic heterocycles. The molecule has 2 saturated heterocycles. The topological polar surface area (TPSA) is 63.7 Å². The van der Waals surface area contributed by atoms with Crippen LogP contribution in [0.4, 0.5) is 4.39 Å². The summed E-state index contributed by atoms with van der Waals surface area (Å²) in [6, 6.07) is 5.73. The van der Waals surface area contributed by atoms with Crippen molar-refractivity contribution in [3.63, 3.8) is 0 Å². The molecule has 1 aromatic carbocycles. The van der Waals surface area contributed by atoms with Crippen molar-refractivity contribution in [2.24, 2.45) is 5.92 Å². The predicted octanol–water partition coefficient (Wildman–Crippen LogP) is 0.850. The van der Waals surface area contributed by atoms with Crippen LogP contribution in [0.3, 0.4) is 0 Å². The van der Waals surface area contributed by atoms with Crippen LogP contribution >= 0.6 is 0 Å². The van der Waals surface area contributed by atoms with E-state index in [1.807, 2.05) is 0 Å². The number of carbonyl (C=O) groups excluding carboxylic acids is 1. The molecule has 1 atom stereocenters. The van der Waals surface area contributed by atoms with Crippen LogP contribution in [-0.2, 0) is 14.6 Å². The van der Waals surface area contributed by atoms with Crippen molar-refractivity contribution in [3.8, 4) is 5.75 Å². The molecule has 5 nitrogen and oxygen atoms in total. The van der Waals surface area contributed by atoms with E-state index in [4.69, 9.17) is 4.74 Å². The average molecular weight is 313 g/mol. The number of sulfone groups is 1. The summed E-state index contributed by atoms with van der Waals surface area (Å²) in [4.78, 5) is 13.7. The molecule has 3 rings (SSSR count). The normalized spacial score (nSPS) is 24.6. The van der Waals surface area contributed by atoms with Crippen LogP contribution < -0.4 is 4.74 Å². The summed E-state index contributed by atoms with van der Waals surface area (Å²) < 4.78 is 41.1. The molecule has 7 heteroatoms. The minimum absolute atomic E-state index is 0.0359. The Labute approximate surface area is 122 Å². The maximum absolute atomic E-state index is 12.8. The van der Waals surface area contributed by atoms with E-state index in [1.165, 1.54) is 12.1 Å². The van der Waals surface area contributed by atoms with E-state index >= 15 is 0 Å². The minimum Gasteiger partial charge on any atom is -0.487 e. The summed E-state index contributed by atoms with van der Waals surface area (Å²) in [5.74, 6) is -0.192. The molecule has 114 valence electrons. The molecule has 21 heavy (non-hydrogen) atoms. The first kappa shape index (κ1) is 14.3. The highest BCUT2D eigenvalue weighted by Gasteiger charge is 2.40. The molecule has 1 amide bonds. The molecule has 0 N–H and O–H groups in total. The number of hydrogen-bond acceptors (Lipinski definition) is 4. The first-order chi connectivity index (χ1) is 9.93. The quantitative estimate of drug-likeness (QED) is 0.830. The smallest absolute Gasteiger partial charge is 0.227 e. The average Bonchev–Trinajstić information content (AvgIpc) is 2.75. The first-order valence-electron chi connectivity index (χ1n) is 6.84. The van der Waals surface area contributed by atoms with Crippen LogP contribution in [0.1, 0.15) is 6.42 Å². The fourth-order valence-electron chi connectivity index (χ4n) is 2.65. The van der Waals surface area contributed by atoms with Crippen LogP contribution in [0, 0.1) is 11.7 Å². The van der Waals surface area contributed by atoms with E-state index in [-0.39, 0.29) is 29.3 Å². The zero-order valence-electron chi connectivity index (χ0n) is 11.4. The second-order valence-corrected chi connectivity index (χ2v) is 7.77. The summed E-state index contributed by atoms with van der Waals surface area (Å²) in [7, 11) is -3.04. The van der Waals surface area contributed by atoms with Crippen molar-refractivity contribution in [1.82, 2.24) is 4.90 Å². The number of benzene rings is 1. The van der Waals surface area contributed by atoms with Crippen molar-refractivity contribution in [1.29, 1.82) is 0 Å². The maximum atomic E-state index is 12.8. The third-order valence-electron chi connectivity index (χ3n) is 3.86. The number of carbonyl (C=O) groups is 1. The van der Waals surface area contributed by atoms with Gasteiger partial charge in [-0.05, 0) is 30.7 Å². The van der Waals surface area contributed by atoms with Gasteiger partial charge in [-0.15, -0.1) is 0 Å². The van der Waals surface area contributed by atoms with Gasteiger partial charge in [0.05, 0.1) is 30.5 Å². The molecule has 0 bridgehead atoms. The maximum Gasteiger partial charge on any atom is 0.227 e. The van der Waals surface area contributed by atoms with Gasteiger partial charge in [0.1, 0.15) is 17.7 Å². The van der Waals surface area contributed by atoms with E-state index in [0.29, 0.717) is 25.3 Å².